The highest BCUT2D eigenvalue weighted by Gasteiger charge is 2.33. The third-order valence-corrected chi connectivity index (χ3v) is 3.17. The zero-order valence-corrected chi connectivity index (χ0v) is 11.6. The molecule has 0 atom stereocenters. The summed E-state index contributed by atoms with van der Waals surface area (Å²) in [7, 11) is 0. The molecular formula is C12H16N4O5. The third-order valence-electron chi connectivity index (χ3n) is 3.17. The van der Waals surface area contributed by atoms with Gasteiger partial charge in [-0.05, 0) is 6.92 Å². The topological polar surface area (TPSA) is 115 Å². The van der Waals surface area contributed by atoms with Gasteiger partial charge in [0.25, 0.3) is 0 Å². The summed E-state index contributed by atoms with van der Waals surface area (Å²) in [6.45, 7) is 2.88. The number of nitrogens with zero attached hydrogens (tertiary/aromatic N) is 4. The normalized spacial score (nSPS) is 14.6. The van der Waals surface area contributed by atoms with Crippen LogP contribution < -0.4 is 0 Å². The van der Waals surface area contributed by atoms with Gasteiger partial charge in [0.05, 0.1) is 25.3 Å². The monoisotopic (exact) mass is 296 g/mol. The van der Waals surface area contributed by atoms with E-state index in [-0.39, 0.29) is 36.5 Å². The van der Waals surface area contributed by atoms with Gasteiger partial charge in [0.1, 0.15) is 0 Å². The molecule has 0 saturated carbocycles. The highest BCUT2D eigenvalue weighted by atomic mass is 16.5. The van der Waals surface area contributed by atoms with Crippen molar-refractivity contribution in [2.45, 2.75) is 25.8 Å². The Balaban J connectivity index is 1.76. The van der Waals surface area contributed by atoms with E-state index >= 15 is 0 Å². The zero-order valence-electron chi connectivity index (χ0n) is 11.6. The highest BCUT2D eigenvalue weighted by molar-refractivity contribution is 5.84. The van der Waals surface area contributed by atoms with E-state index in [0.29, 0.717) is 19.7 Å². The number of ether oxygens (including phenoxy) is 1. The minimum atomic E-state index is -1.14. The summed E-state index contributed by atoms with van der Waals surface area (Å²) in [6.07, 6.45) is 1.52. The first kappa shape index (κ1) is 14.9. The van der Waals surface area contributed by atoms with Crippen LogP contribution in [0, 0.1) is 0 Å². The fourth-order valence-corrected chi connectivity index (χ4v) is 1.98. The minimum Gasteiger partial charge on any atom is -0.476 e. The summed E-state index contributed by atoms with van der Waals surface area (Å²) in [5.41, 5.74) is -0.123. The Morgan fingerprint density at radius 1 is 1.38 bits per heavy atom. The van der Waals surface area contributed by atoms with Crippen LogP contribution in [0.5, 0.6) is 0 Å². The molecule has 1 fully saturated rings. The second-order valence-corrected chi connectivity index (χ2v) is 4.65. The molecule has 0 unspecified atom stereocenters. The third kappa shape index (κ3) is 3.56. The lowest BCUT2D eigenvalue weighted by atomic mass is 10.1. The Kier molecular flexibility index (Phi) is 4.51. The number of carbonyl (C=O) groups excluding carboxylic acids is 2. The van der Waals surface area contributed by atoms with E-state index in [1.54, 1.807) is 11.8 Å². The molecule has 2 heterocycles. The molecule has 0 bridgehead atoms. The second kappa shape index (κ2) is 6.33. The van der Waals surface area contributed by atoms with Crippen LogP contribution in [0.15, 0.2) is 6.20 Å². The summed E-state index contributed by atoms with van der Waals surface area (Å²) in [6, 6.07) is -0.0721. The summed E-state index contributed by atoms with van der Waals surface area (Å²) >= 11 is 0. The maximum atomic E-state index is 11.8. The first-order valence-electron chi connectivity index (χ1n) is 6.59. The Hall–Kier alpha value is -2.45. The molecule has 1 aromatic heterocycles. The van der Waals surface area contributed by atoms with E-state index in [9.17, 15) is 14.4 Å². The van der Waals surface area contributed by atoms with E-state index in [2.05, 4.69) is 10.3 Å². The number of hydrogen-bond donors (Lipinski definition) is 1. The maximum Gasteiger partial charge on any atom is 0.358 e. The number of aromatic nitrogens is 3. The van der Waals surface area contributed by atoms with Crippen molar-refractivity contribution in [3.05, 3.63) is 11.9 Å². The summed E-state index contributed by atoms with van der Waals surface area (Å²) in [5.74, 6) is -1.65. The van der Waals surface area contributed by atoms with Crippen LogP contribution in [0.1, 0.15) is 36.3 Å². The van der Waals surface area contributed by atoms with Gasteiger partial charge < -0.3 is 14.7 Å². The Labute approximate surface area is 120 Å². The van der Waals surface area contributed by atoms with Gasteiger partial charge in [0.15, 0.2) is 5.69 Å². The molecule has 2 rings (SSSR count). The molecule has 1 aliphatic heterocycles. The number of carbonyl (C=O) groups is 3. The predicted octanol–water partition coefficient (Wildman–Crippen LogP) is -0.297. The van der Waals surface area contributed by atoms with Gasteiger partial charge in [-0.2, -0.15) is 0 Å². The average molecular weight is 296 g/mol. The molecule has 0 radical (unpaired) electrons. The molecule has 1 N–H and O–H groups in total. The van der Waals surface area contributed by atoms with E-state index in [4.69, 9.17) is 9.84 Å². The fourth-order valence-electron chi connectivity index (χ4n) is 1.98. The Bertz CT molecular complexity index is 550. The lowest BCUT2D eigenvalue weighted by Crippen LogP contribution is -2.51. The quantitative estimate of drug-likeness (QED) is 0.717. The van der Waals surface area contributed by atoms with Crippen molar-refractivity contribution in [3.8, 4) is 0 Å². The number of hydrogen-bond acceptors (Lipinski definition) is 6. The number of rotatable bonds is 6. The standard InChI is InChI=1S/C12H16N4O5/c1-2-21-11(18)4-3-10(17)15-5-8(6-15)16-7-9(12(19)20)13-14-16/h7-8H,2-6H2,1H3,(H,19,20). The summed E-state index contributed by atoms with van der Waals surface area (Å²) < 4.78 is 6.19. The first-order chi connectivity index (χ1) is 10.0. The highest BCUT2D eigenvalue weighted by Crippen LogP contribution is 2.21. The van der Waals surface area contributed by atoms with Gasteiger partial charge in [0.2, 0.25) is 5.91 Å². The lowest BCUT2D eigenvalue weighted by molar-refractivity contribution is -0.147. The van der Waals surface area contributed by atoms with Crippen molar-refractivity contribution in [2.24, 2.45) is 0 Å². The molecule has 1 aromatic rings. The van der Waals surface area contributed by atoms with Crippen molar-refractivity contribution < 1.29 is 24.2 Å². The largest absolute Gasteiger partial charge is 0.476 e. The molecule has 9 heteroatoms. The van der Waals surface area contributed by atoms with Gasteiger partial charge in [-0.1, -0.05) is 5.21 Å². The number of amides is 1. The number of likely N-dealkylation sites (tertiary alicyclic amines) is 1. The average Bonchev–Trinajstić information content (AvgIpc) is 2.84. The van der Waals surface area contributed by atoms with Crippen molar-refractivity contribution in [3.63, 3.8) is 0 Å². The summed E-state index contributed by atoms with van der Waals surface area (Å²) in [5, 5.41) is 16.0. The van der Waals surface area contributed by atoms with E-state index in [0.717, 1.165) is 0 Å². The van der Waals surface area contributed by atoms with Crippen LogP contribution >= 0.6 is 0 Å². The number of carboxylic acid groups (broad SMARTS) is 1. The van der Waals surface area contributed by atoms with Crippen LogP contribution in [-0.4, -0.2) is 62.5 Å². The molecule has 1 amide bonds. The SMILES string of the molecule is CCOC(=O)CCC(=O)N1CC(n2cc(C(=O)O)nn2)C1. The van der Waals surface area contributed by atoms with E-state index in [1.165, 1.54) is 10.9 Å². The number of esters is 1. The van der Waals surface area contributed by atoms with Crippen LogP contribution in [0.3, 0.4) is 0 Å². The van der Waals surface area contributed by atoms with Crippen molar-refractivity contribution in [2.75, 3.05) is 19.7 Å². The number of carboxylic acids is 1. The second-order valence-electron chi connectivity index (χ2n) is 4.65. The van der Waals surface area contributed by atoms with Gasteiger partial charge in [-0.25, -0.2) is 9.48 Å². The maximum absolute atomic E-state index is 11.8. The van der Waals surface area contributed by atoms with Crippen LogP contribution in [0.2, 0.25) is 0 Å². The number of aromatic carboxylic acids is 1. The molecular weight excluding hydrogens is 280 g/mol. The van der Waals surface area contributed by atoms with Gasteiger partial charge in [-0.3, -0.25) is 9.59 Å². The summed E-state index contributed by atoms with van der Waals surface area (Å²) in [4.78, 5) is 35.2. The molecule has 0 spiro atoms. The lowest BCUT2D eigenvalue weighted by Gasteiger charge is -2.38. The van der Waals surface area contributed by atoms with Crippen molar-refractivity contribution in [1.82, 2.24) is 19.9 Å². The fraction of sp³-hybridized carbons (Fsp3) is 0.583. The molecule has 1 aliphatic rings. The molecule has 9 nitrogen and oxygen atoms in total. The smallest absolute Gasteiger partial charge is 0.358 e. The van der Waals surface area contributed by atoms with Crippen LogP contribution in [0.4, 0.5) is 0 Å². The van der Waals surface area contributed by atoms with E-state index < -0.39 is 5.97 Å². The van der Waals surface area contributed by atoms with Gasteiger partial charge in [0, 0.05) is 19.5 Å². The van der Waals surface area contributed by atoms with Gasteiger partial charge >= 0.3 is 11.9 Å². The first-order valence-corrected chi connectivity index (χ1v) is 6.59. The zero-order chi connectivity index (χ0) is 15.4. The minimum absolute atomic E-state index is 0.0698. The molecule has 114 valence electrons. The molecule has 0 aliphatic carbocycles. The molecule has 1 saturated heterocycles. The van der Waals surface area contributed by atoms with Crippen LogP contribution in [0.25, 0.3) is 0 Å². The molecule has 0 aromatic carbocycles. The van der Waals surface area contributed by atoms with Crippen molar-refractivity contribution >= 4 is 17.8 Å². The van der Waals surface area contributed by atoms with E-state index in [1.807, 2.05) is 0 Å². The Morgan fingerprint density at radius 3 is 2.67 bits per heavy atom. The van der Waals surface area contributed by atoms with Crippen LogP contribution in [-0.2, 0) is 14.3 Å². The Morgan fingerprint density at radius 2 is 2.10 bits per heavy atom. The molecule has 21 heavy (non-hydrogen) atoms. The van der Waals surface area contributed by atoms with Crippen molar-refractivity contribution in [1.29, 1.82) is 0 Å². The predicted molar refractivity (Wildman–Crippen MR) is 68.5 cm³/mol. The van der Waals surface area contributed by atoms with Gasteiger partial charge in [-0.15, -0.1) is 5.10 Å².